The second-order valence-corrected chi connectivity index (χ2v) is 7.31. The molecule has 1 aliphatic heterocycles. The Hall–Kier alpha value is -2.48. The molecule has 7 nitrogen and oxygen atoms in total. The number of hydrogen-bond donors (Lipinski definition) is 1. The summed E-state index contributed by atoms with van der Waals surface area (Å²) in [5.41, 5.74) is 1.75. The molecule has 0 unspecified atom stereocenters. The third-order valence-corrected chi connectivity index (χ3v) is 5.19. The Balaban J connectivity index is 1.68. The predicted molar refractivity (Wildman–Crippen MR) is 109 cm³/mol. The number of anilines is 2. The molecule has 27 heavy (non-hydrogen) atoms. The van der Waals surface area contributed by atoms with Gasteiger partial charge in [-0.1, -0.05) is 15.9 Å². The van der Waals surface area contributed by atoms with E-state index in [9.17, 15) is 10.1 Å². The molecule has 8 heteroatoms. The lowest BCUT2D eigenvalue weighted by molar-refractivity contribution is -0.384. The third-order valence-electron chi connectivity index (χ3n) is 4.69. The second-order valence-electron chi connectivity index (χ2n) is 6.40. The number of nitro benzene ring substituents is 1. The molecule has 0 bridgehead atoms. The Kier molecular flexibility index (Phi) is 6.05. The van der Waals surface area contributed by atoms with Gasteiger partial charge in [0.05, 0.1) is 19.1 Å². The van der Waals surface area contributed by atoms with Crippen molar-refractivity contribution in [1.29, 1.82) is 0 Å². The maximum Gasteiger partial charge on any atom is 0.292 e. The van der Waals surface area contributed by atoms with Gasteiger partial charge in [-0.15, -0.1) is 0 Å². The first-order valence-corrected chi connectivity index (χ1v) is 9.48. The maximum atomic E-state index is 11.3. The lowest BCUT2D eigenvalue weighted by atomic mass is 10.0. The van der Waals surface area contributed by atoms with E-state index in [-0.39, 0.29) is 16.7 Å². The van der Waals surface area contributed by atoms with Crippen LogP contribution in [-0.2, 0) is 0 Å². The largest absolute Gasteiger partial charge is 0.497 e. The zero-order valence-corrected chi connectivity index (χ0v) is 16.9. The molecular formula is C19H22BrN3O4. The number of hydrogen-bond acceptors (Lipinski definition) is 6. The molecule has 0 radical (unpaired) electrons. The SMILES string of the molecule is COc1cc(NC2CCN(c3cc(Br)ccc3[N+](=O)[O-])CC2)cc(OC)c1. The first kappa shape index (κ1) is 19.3. The molecule has 2 aromatic rings. The van der Waals surface area contributed by atoms with E-state index in [1.807, 2.05) is 24.3 Å². The van der Waals surface area contributed by atoms with Gasteiger partial charge in [0.1, 0.15) is 17.2 Å². The van der Waals surface area contributed by atoms with Gasteiger partial charge in [-0.3, -0.25) is 10.1 Å². The van der Waals surface area contributed by atoms with Gasteiger partial charge in [0, 0.05) is 53.6 Å². The lowest BCUT2D eigenvalue weighted by Crippen LogP contribution is -2.39. The summed E-state index contributed by atoms with van der Waals surface area (Å²) in [4.78, 5) is 13.1. The van der Waals surface area contributed by atoms with Crippen LogP contribution in [0.15, 0.2) is 40.9 Å². The van der Waals surface area contributed by atoms with Crippen molar-refractivity contribution < 1.29 is 14.4 Å². The number of nitro groups is 1. The average molecular weight is 436 g/mol. The average Bonchev–Trinajstić information content (AvgIpc) is 2.68. The van der Waals surface area contributed by atoms with Crippen LogP contribution in [-0.4, -0.2) is 38.3 Å². The van der Waals surface area contributed by atoms with Crippen LogP contribution >= 0.6 is 15.9 Å². The highest BCUT2D eigenvalue weighted by atomic mass is 79.9. The van der Waals surface area contributed by atoms with Crippen LogP contribution in [0.4, 0.5) is 17.1 Å². The maximum absolute atomic E-state index is 11.3. The molecule has 1 heterocycles. The Labute approximate surface area is 166 Å². The fraction of sp³-hybridized carbons (Fsp3) is 0.368. The zero-order chi connectivity index (χ0) is 19.4. The van der Waals surface area contributed by atoms with E-state index < -0.39 is 0 Å². The van der Waals surface area contributed by atoms with E-state index in [0.29, 0.717) is 5.69 Å². The molecule has 1 saturated heterocycles. The monoisotopic (exact) mass is 435 g/mol. The smallest absolute Gasteiger partial charge is 0.292 e. The molecule has 0 aromatic heterocycles. The van der Waals surface area contributed by atoms with Gasteiger partial charge in [-0.05, 0) is 25.0 Å². The van der Waals surface area contributed by atoms with E-state index in [4.69, 9.17) is 9.47 Å². The fourth-order valence-electron chi connectivity index (χ4n) is 3.30. The van der Waals surface area contributed by atoms with E-state index in [0.717, 1.165) is 47.6 Å². The first-order chi connectivity index (χ1) is 13.0. The quantitative estimate of drug-likeness (QED) is 0.533. The van der Waals surface area contributed by atoms with Crippen LogP contribution in [0.5, 0.6) is 11.5 Å². The highest BCUT2D eigenvalue weighted by Crippen LogP contribution is 2.34. The van der Waals surface area contributed by atoms with Crippen molar-refractivity contribution in [3.8, 4) is 11.5 Å². The lowest BCUT2D eigenvalue weighted by Gasteiger charge is -2.34. The number of nitrogens with zero attached hydrogens (tertiary/aromatic N) is 2. The molecule has 1 fully saturated rings. The molecule has 2 aromatic carbocycles. The van der Waals surface area contributed by atoms with Gasteiger partial charge in [-0.25, -0.2) is 0 Å². The summed E-state index contributed by atoms with van der Waals surface area (Å²) in [5, 5.41) is 14.9. The highest BCUT2D eigenvalue weighted by Gasteiger charge is 2.25. The number of piperidine rings is 1. The molecule has 3 rings (SSSR count). The number of methoxy groups -OCH3 is 2. The van der Waals surface area contributed by atoms with Gasteiger partial charge < -0.3 is 19.7 Å². The van der Waals surface area contributed by atoms with Crippen molar-refractivity contribution in [2.45, 2.75) is 18.9 Å². The molecule has 0 atom stereocenters. The van der Waals surface area contributed by atoms with Crippen molar-refractivity contribution in [1.82, 2.24) is 0 Å². The molecule has 1 aliphatic rings. The van der Waals surface area contributed by atoms with Crippen molar-refractivity contribution in [3.05, 3.63) is 51.0 Å². The minimum atomic E-state index is -0.325. The first-order valence-electron chi connectivity index (χ1n) is 8.68. The minimum Gasteiger partial charge on any atom is -0.497 e. The fourth-order valence-corrected chi connectivity index (χ4v) is 3.64. The van der Waals surface area contributed by atoms with Crippen molar-refractivity contribution in [2.75, 3.05) is 37.5 Å². The van der Waals surface area contributed by atoms with Crippen molar-refractivity contribution >= 4 is 33.0 Å². The molecule has 0 spiro atoms. The molecule has 0 saturated carbocycles. The van der Waals surface area contributed by atoms with Gasteiger partial charge in [0.25, 0.3) is 5.69 Å². The van der Waals surface area contributed by atoms with Crippen molar-refractivity contribution in [2.24, 2.45) is 0 Å². The van der Waals surface area contributed by atoms with E-state index in [1.54, 1.807) is 26.4 Å². The number of halogens is 1. The van der Waals surface area contributed by atoms with E-state index in [2.05, 4.69) is 26.1 Å². The molecule has 1 N–H and O–H groups in total. The van der Waals surface area contributed by atoms with E-state index >= 15 is 0 Å². The zero-order valence-electron chi connectivity index (χ0n) is 15.3. The number of ether oxygens (including phenoxy) is 2. The summed E-state index contributed by atoms with van der Waals surface area (Å²) in [7, 11) is 3.25. The molecular weight excluding hydrogens is 414 g/mol. The van der Waals surface area contributed by atoms with Gasteiger partial charge >= 0.3 is 0 Å². The molecule has 0 aliphatic carbocycles. The Morgan fingerprint density at radius 3 is 2.30 bits per heavy atom. The molecule has 0 amide bonds. The Morgan fingerprint density at radius 1 is 1.11 bits per heavy atom. The van der Waals surface area contributed by atoms with Gasteiger partial charge in [-0.2, -0.15) is 0 Å². The number of rotatable bonds is 6. The number of nitrogens with one attached hydrogen (secondary N) is 1. The summed E-state index contributed by atoms with van der Waals surface area (Å²) in [6.07, 6.45) is 1.76. The summed E-state index contributed by atoms with van der Waals surface area (Å²) >= 11 is 3.41. The van der Waals surface area contributed by atoms with Crippen LogP contribution in [0.25, 0.3) is 0 Å². The number of benzene rings is 2. The second kappa shape index (κ2) is 8.47. The normalized spacial score (nSPS) is 14.7. The topological polar surface area (TPSA) is 76.9 Å². The van der Waals surface area contributed by atoms with Crippen LogP contribution in [0.3, 0.4) is 0 Å². The third kappa shape index (κ3) is 4.63. The van der Waals surface area contributed by atoms with Gasteiger partial charge in [0.2, 0.25) is 0 Å². The minimum absolute atomic E-state index is 0.141. The van der Waals surface area contributed by atoms with Crippen LogP contribution in [0.1, 0.15) is 12.8 Å². The molecule has 144 valence electrons. The van der Waals surface area contributed by atoms with Crippen LogP contribution < -0.4 is 19.7 Å². The Morgan fingerprint density at radius 2 is 1.74 bits per heavy atom. The van der Waals surface area contributed by atoms with Crippen molar-refractivity contribution in [3.63, 3.8) is 0 Å². The standard InChI is InChI=1S/C19H22BrN3O4/c1-26-16-10-15(11-17(12-16)27-2)21-14-5-7-22(8-6-14)19-9-13(20)3-4-18(19)23(24)25/h3-4,9-12,14,21H,5-8H2,1-2H3. The predicted octanol–water partition coefficient (Wildman–Crippen LogP) is 4.46. The summed E-state index contributed by atoms with van der Waals surface area (Å²) in [6.45, 7) is 1.49. The van der Waals surface area contributed by atoms with Crippen LogP contribution in [0.2, 0.25) is 0 Å². The highest BCUT2D eigenvalue weighted by molar-refractivity contribution is 9.10. The van der Waals surface area contributed by atoms with Gasteiger partial charge in [0.15, 0.2) is 0 Å². The summed E-state index contributed by atoms with van der Waals surface area (Å²) in [5.74, 6) is 1.47. The Bertz CT molecular complexity index is 800. The van der Waals surface area contributed by atoms with E-state index in [1.165, 1.54) is 0 Å². The summed E-state index contributed by atoms with van der Waals surface area (Å²) < 4.78 is 11.5. The van der Waals surface area contributed by atoms with Crippen LogP contribution in [0, 0.1) is 10.1 Å². The summed E-state index contributed by atoms with van der Waals surface area (Å²) in [6, 6.07) is 11.1.